The Hall–Kier alpha value is -1.50. The number of hydrazone groups is 1. The second-order valence-corrected chi connectivity index (χ2v) is 9.48. The van der Waals surface area contributed by atoms with Crippen LogP contribution in [-0.4, -0.2) is 33.8 Å². The number of carbonyl (C=O) groups is 1. The van der Waals surface area contributed by atoms with Crippen LogP contribution in [0.4, 0.5) is 10.5 Å². The molecule has 1 aliphatic rings. The lowest BCUT2D eigenvalue weighted by atomic mass is 9.98. The largest absolute Gasteiger partial charge is 0.342 e. The first kappa shape index (κ1) is 20.2. The Labute approximate surface area is 177 Å². The minimum atomic E-state index is -0.265. The molecule has 1 N–H and O–H groups in total. The van der Waals surface area contributed by atoms with E-state index in [0.717, 1.165) is 33.6 Å². The van der Waals surface area contributed by atoms with Gasteiger partial charge >= 0.3 is 6.03 Å². The van der Waals surface area contributed by atoms with E-state index in [1.807, 2.05) is 60.3 Å². The molecule has 1 unspecified atom stereocenters. The zero-order valence-electron chi connectivity index (χ0n) is 15.2. The molecular weight excluding hydrogens is 446 g/mol. The second kappa shape index (κ2) is 8.67. The smallest absolute Gasteiger partial charge is 0.306 e. The van der Waals surface area contributed by atoms with Crippen molar-refractivity contribution < 1.29 is 4.79 Å². The van der Waals surface area contributed by atoms with Crippen molar-refractivity contribution >= 4 is 56.7 Å². The maximum Gasteiger partial charge on any atom is 0.342 e. The summed E-state index contributed by atoms with van der Waals surface area (Å²) in [6.45, 7) is 4.82. The maximum atomic E-state index is 12.8. The van der Waals surface area contributed by atoms with Crippen molar-refractivity contribution in [3.63, 3.8) is 0 Å². The third-order valence-corrected chi connectivity index (χ3v) is 6.54. The highest BCUT2D eigenvalue weighted by Crippen LogP contribution is 2.36. The summed E-state index contributed by atoms with van der Waals surface area (Å²) >= 11 is 11.3. The van der Waals surface area contributed by atoms with Crippen LogP contribution in [0.3, 0.4) is 0 Å². The van der Waals surface area contributed by atoms with Crippen molar-refractivity contribution in [2.45, 2.75) is 25.0 Å². The Morgan fingerprint density at radius 1 is 1.33 bits per heavy atom. The molecule has 1 atom stereocenters. The topological polar surface area (TPSA) is 44.7 Å². The molecule has 0 saturated heterocycles. The summed E-state index contributed by atoms with van der Waals surface area (Å²) in [5.74, 6) is 1.00. The first-order valence-corrected chi connectivity index (χ1v) is 10.9. The number of nitrogens with one attached hydrogen (secondary N) is 1. The molecule has 1 aliphatic heterocycles. The molecule has 7 heteroatoms. The Morgan fingerprint density at radius 3 is 2.74 bits per heavy atom. The van der Waals surface area contributed by atoms with E-state index in [4.69, 9.17) is 11.6 Å². The first-order chi connectivity index (χ1) is 12.9. The van der Waals surface area contributed by atoms with E-state index < -0.39 is 0 Å². The van der Waals surface area contributed by atoms with E-state index in [1.165, 1.54) is 5.01 Å². The van der Waals surface area contributed by atoms with Crippen molar-refractivity contribution in [1.82, 2.24) is 5.01 Å². The SMILES string of the molecule is CCCSC1(C)CN(C(=O)Nc2cccc(Br)c2)N=C1c1ccc(Cl)cc1. The zero-order chi connectivity index (χ0) is 19.4. The number of anilines is 1. The lowest BCUT2D eigenvalue weighted by Crippen LogP contribution is -2.38. The number of rotatable bonds is 5. The van der Waals surface area contributed by atoms with Crippen molar-refractivity contribution in [3.8, 4) is 0 Å². The highest BCUT2D eigenvalue weighted by Gasteiger charge is 2.41. The first-order valence-electron chi connectivity index (χ1n) is 8.74. The average Bonchev–Trinajstić information content (AvgIpc) is 2.99. The number of urea groups is 1. The van der Waals surface area contributed by atoms with Gasteiger partial charge in [-0.1, -0.05) is 52.7 Å². The Morgan fingerprint density at radius 2 is 2.07 bits per heavy atom. The van der Waals surface area contributed by atoms with Gasteiger partial charge in [-0.05, 0) is 55.0 Å². The van der Waals surface area contributed by atoms with Crippen LogP contribution in [0.5, 0.6) is 0 Å². The van der Waals surface area contributed by atoms with E-state index in [0.29, 0.717) is 11.6 Å². The molecule has 4 nitrogen and oxygen atoms in total. The normalized spacial score (nSPS) is 19.1. The van der Waals surface area contributed by atoms with Gasteiger partial charge in [-0.15, -0.1) is 11.8 Å². The Balaban J connectivity index is 1.85. The van der Waals surface area contributed by atoms with Crippen LogP contribution in [0, 0.1) is 0 Å². The van der Waals surface area contributed by atoms with Crippen molar-refractivity contribution in [1.29, 1.82) is 0 Å². The fourth-order valence-electron chi connectivity index (χ4n) is 2.91. The number of hydrogen-bond donors (Lipinski definition) is 1. The predicted molar refractivity (Wildman–Crippen MR) is 119 cm³/mol. The second-order valence-electron chi connectivity index (χ2n) is 6.53. The molecule has 27 heavy (non-hydrogen) atoms. The highest BCUT2D eigenvalue weighted by atomic mass is 79.9. The fraction of sp³-hybridized carbons (Fsp3) is 0.300. The lowest BCUT2D eigenvalue weighted by molar-refractivity contribution is 0.217. The molecular formula is C20H21BrClN3OS. The van der Waals surface area contributed by atoms with Gasteiger partial charge in [-0.25, -0.2) is 9.80 Å². The molecule has 0 spiro atoms. The van der Waals surface area contributed by atoms with Crippen molar-refractivity contribution in [2.75, 3.05) is 17.6 Å². The van der Waals surface area contributed by atoms with Gasteiger partial charge in [-0.3, -0.25) is 0 Å². The Bertz CT molecular complexity index is 859. The van der Waals surface area contributed by atoms with E-state index >= 15 is 0 Å². The number of halogens is 2. The highest BCUT2D eigenvalue weighted by molar-refractivity contribution is 9.10. The lowest BCUT2D eigenvalue weighted by Gasteiger charge is -2.25. The third kappa shape index (κ3) is 4.86. The summed E-state index contributed by atoms with van der Waals surface area (Å²) in [5.41, 5.74) is 2.62. The number of benzene rings is 2. The van der Waals surface area contributed by atoms with Crippen LogP contribution in [0.25, 0.3) is 0 Å². The van der Waals surface area contributed by atoms with E-state index in [-0.39, 0.29) is 10.8 Å². The van der Waals surface area contributed by atoms with Gasteiger partial charge in [0.2, 0.25) is 0 Å². The summed E-state index contributed by atoms with van der Waals surface area (Å²) in [6.07, 6.45) is 1.07. The van der Waals surface area contributed by atoms with Crippen LogP contribution in [0.1, 0.15) is 25.8 Å². The van der Waals surface area contributed by atoms with Crippen LogP contribution in [-0.2, 0) is 0 Å². The molecule has 0 aromatic heterocycles. The monoisotopic (exact) mass is 465 g/mol. The zero-order valence-corrected chi connectivity index (χ0v) is 18.4. The van der Waals surface area contributed by atoms with Crippen LogP contribution < -0.4 is 5.32 Å². The van der Waals surface area contributed by atoms with Crippen molar-refractivity contribution in [3.05, 3.63) is 63.6 Å². The number of amides is 2. The fourth-order valence-corrected chi connectivity index (χ4v) is 4.59. The van der Waals surface area contributed by atoms with Crippen LogP contribution in [0.15, 0.2) is 58.1 Å². The molecule has 0 aliphatic carbocycles. The van der Waals surface area contributed by atoms with E-state index in [2.05, 4.69) is 40.2 Å². The van der Waals surface area contributed by atoms with E-state index in [9.17, 15) is 4.79 Å². The Kier molecular flexibility index (Phi) is 6.50. The van der Waals surface area contributed by atoms with Gasteiger partial charge in [0.05, 0.1) is 17.0 Å². The van der Waals surface area contributed by atoms with Gasteiger partial charge in [0.1, 0.15) is 0 Å². The number of nitrogens with zero attached hydrogens (tertiary/aromatic N) is 2. The molecule has 0 saturated carbocycles. The molecule has 0 radical (unpaired) electrons. The summed E-state index contributed by atoms with van der Waals surface area (Å²) < 4.78 is 0.647. The van der Waals surface area contributed by atoms with Crippen LogP contribution in [0.2, 0.25) is 5.02 Å². The number of hydrogen-bond acceptors (Lipinski definition) is 3. The minimum absolute atomic E-state index is 0.236. The maximum absolute atomic E-state index is 12.8. The van der Waals surface area contributed by atoms with Crippen molar-refractivity contribution in [2.24, 2.45) is 5.10 Å². The molecule has 142 valence electrons. The van der Waals surface area contributed by atoms with Gasteiger partial charge in [0.25, 0.3) is 0 Å². The average molecular weight is 467 g/mol. The molecule has 0 fully saturated rings. The minimum Gasteiger partial charge on any atom is -0.306 e. The molecule has 2 amide bonds. The summed E-state index contributed by atoms with van der Waals surface area (Å²) in [6, 6.07) is 14.9. The van der Waals surface area contributed by atoms with Gasteiger partial charge in [-0.2, -0.15) is 5.10 Å². The molecule has 0 bridgehead atoms. The molecule has 2 aromatic carbocycles. The van der Waals surface area contributed by atoms with Gasteiger partial charge < -0.3 is 5.32 Å². The molecule has 1 heterocycles. The molecule has 2 aromatic rings. The molecule has 3 rings (SSSR count). The summed E-state index contributed by atoms with van der Waals surface area (Å²) in [4.78, 5) is 12.8. The quantitative estimate of drug-likeness (QED) is 0.565. The van der Waals surface area contributed by atoms with Gasteiger partial charge in [0.15, 0.2) is 0 Å². The van der Waals surface area contributed by atoms with Gasteiger partial charge in [0, 0.05) is 15.2 Å². The number of thioether (sulfide) groups is 1. The van der Waals surface area contributed by atoms with Crippen LogP contribution >= 0.6 is 39.3 Å². The summed E-state index contributed by atoms with van der Waals surface area (Å²) in [5, 5.41) is 9.80. The predicted octanol–water partition coefficient (Wildman–Crippen LogP) is 6.26. The number of carbonyl (C=O) groups excluding carboxylic acids is 1. The van der Waals surface area contributed by atoms with E-state index in [1.54, 1.807) is 0 Å². The summed E-state index contributed by atoms with van der Waals surface area (Å²) in [7, 11) is 0. The standard InChI is InChI=1S/C20H21BrClN3OS/c1-3-11-27-20(2)13-25(19(26)23-17-6-4-5-15(21)12-17)24-18(20)14-7-9-16(22)10-8-14/h4-10,12H,3,11,13H2,1-2H3,(H,23,26). The third-order valence-electron chi connectivity index (χ3n) is 4.23.